The van der Waals surface area contributed by atoms with Crippen molar-refractivity contribution >= 4 is 11.3 Å². The van der Waals surface area contributed by atoms with Gasteiger partial charge in [-0.1, -0.05) is 0 Å². The van der Waals surface area contributed by atoms with E-state index < -0.39 is 0 Å². The number of aromatic nitrogens is 1. The van der Waals surface area contributed by atoms with Gasteiger partial charge in [-0.05, 0) is 32.6 Å². The normalized spacial score (nSPS) is 25.1. The lowest BCUT2D eigenvalue weighted by Crippen LogP contribution is -2.36. The number of ether oxygens (including phenoxy) is 1. The van der Waals surface area contributed by atoms with Crippen molar-refractivity contribution in [2.45, 2.75) is 51.2 Å². The molecule has 1 fully saturated rings. The molecule has 1 saturated carbocycles. The molecule has 3 nitrogen and oxygen atoms in total. The third-order valence-corrected chi connectivity index (χ3v) is 4.47. The Morgan fingerprint density at radius 3 is 2.76 bits per heavy atom. The van der Waals surface area contributed by atoms with Crippen LogP contribution in [0.2, 0.25) is 0 Å². The summed E-state index contributed by atoms with van der Waals surface area (Å²) < 4.78 is 5.38. The molecule has 1 aromatic rings. The second-order valence-electron chi connectivity index (χ2n) is 4.80. The predicted molar refractivity (Wildman–Crippen MR) is 71.6 cm³/mol. The molecular weight excluding hydrogens is 232 g/mol. The summed E-state index contributed by atoms with van der Waals surface area (Å²) in [5, 5.41) is 7.01. The van der Waals surface area contributed by atoms with Crippen LogP contribution in [0.15, 0.2) is 5.38 Å². The van der Waals surface area contributed by atoms with E-state index in [9.17, 15) is 0 Å². The number of aryl methyl sites for hydroxylation is 1. The van der Waals surface area contributed by atoms with Gasteiger partial charge in [-0.2, -0.15) is 0 Å². The maximum absolute atomic E-state index is 5.38. The van der Waals surface area contributed by atoms with Gasteiger partial charge in [0.05, 0.1) is 11.1 Å². The minimum absolute atomic E-state index is 0.495. The van der Waals surface area contributed by atoms with Crippen molar-refractivity contribution in [3.63, 3.8) is 0 Å². The number of hydrogen-bond acceptors (Lipinski definition) is 4. The topological polar surface area (TPSA) is 34.1 Å². The maximum Gasteiger partial charge on any atom is 0.0940 e. The van der Waals surface area contributed by atoms with E-state index in [-0.39, 0.29) is 0 Å². The molecule has 1 aliphatic rings. The molecule has 0 amide bonds. The zero-order valence-corrected chi connectivity index (χ0v) is 11.6. The fourth-order valence-corrected chi connectivity index (χ4v) is 3.18. The van der Waals surface area contributed by atoms with Crippen LogP contribution >= 0.6 is 11.3 Å². The van der Waals surface area contributed by atoms with Gasteiger partial charge in [-0.15, -0.1) is 11.3 Å². The molecule has 4 heteroatoms. The molecule has 1 aliphatic carbocycles. The second kappa shape index (κ2) is 6.47. The van der Waals surface area contributed by atoms with Gasteiger partial charge in [0.25, 0.3) is 0 Å². The van der Waals surface area contributed by atoms with Crippen molar-refractivity contribution in [1.82, 2.24) is 10.3 Å². The number of methoxy groups -OCH3 is 1. The van der Waals surface area contributed by atoms with Crippen molar-refractivity contribution in [3.05, 3.63) is 16.1 Å². The Morgan fingerprint density at radius 1 is 1.41 bits per heavy atom. The molecule has 0 spiro atoms. The first kappa shape index (κ1) is 13.0. The fourth-order valence-electron chi connectivity index (χ4n) is 2.40. The van der Waals surface area contributed by atoms with Crippen LogP contribution in [0.3, 0.4) is 0 Å². The van der Waals surface area contributed by atoms with Crippen LogP contribution in [0, 0.1) is 6.92 Å². The third kappa shape index (κ3) is 4.05. The summed E-state index contributed by atoms with van der Waals surface area (Å²) in [5.74, 6) is 0. The summed E-state index contributed by atoms with van der Waals surface area (Å²) in [4.78, 5) is 4.48. The minimum Gasteiger partial charge on any atom is -0.381 e. The first-order valence-electron chi connectivity index (χ1n) is 6.45. The highest BCUT2D eigenvalue weighted by atomic mass is 32.1. The number of nitrogens with zero attached hydrogens (tertiary/aromatic N) is 1. The first-order valence-corrected chi connectivity index (χ1v) is 7.33. The quantitative estimate of drug-likeness (QED) is 0.877. The van der Waals surface area contributed by atoms with Gasteiger partial charge in [-0.25, -0.2) is 4.98 Å². The van der Waals surface area contributed by atoms with Gasteiger partial charge < -0.3 is 10.1 Å². The first-order chi connectivity index (χ1) is 8.28. The molecule has 1 heterocycles. The molecule has 2 rings (SSSR count). The highest BCUT2D eigenvalue weighted by molar-refractivity contribution is 7.09. The van der Waals surface area contributed by atoms with Gasteiger partial charge in [0.2, 0.25) is 0 Å². The third-order valence-electron chi connectivity index (χ3n) is 3.45. The number of hydrogen-bond donors (Lipinski definition) is 1. The lowest BCUT2D eigenvalue weighted by atomic mass is 9.93. The van der Waals surface area contributed by atoms with Crippen molar-refractivity contribution in [2.75, 3.05) is 13.7 Å². The average molecular weight is 254 g/mol. The summed E-state index contributed by atoms with van der Waals surface area (Å²) in [7, 11) is 1.82. The van der Waals surface area contributed by atoms with E-state index in [1.54, 1.807) is 11.3 Å². The van der Waals surface area contributed by atoms with Crippen LogP contribution in [-0.4, -0.2) is 30.8 Å². The standard InChI is InChI=1S/C13H22N2OS/c1-10-9-17-13(15-10)7-8-14-11-3-5-12(16-2)6-4-11/h9,11-12,14H,3-8H2,1-2H3. The van der Waals surface area contributed by atoms with E-state index in [2.05, 4.69) is 22.6 Å². The van der Waals surface area contributed by atoms with Crippen molar-refractivity contribution in [2.24, 2.45) is 0 Å². The van der Waals surface area contributed by atoms with E-state index in [1.165, 1.54) is 30.7 Å². The van der Waals surface area contributed by atoms with Gasteiger partial charge in [-0.3, -0.25) is 0 Å². The Balaban J connectivity index is 1.63. The minimum atomic E-state index is 0.495. The highest BCUT2D eigenvalue weighted by Gasteiger charge is 2.19. The molecular formula is C13H22N2OS. The molecule has 0 aromatic carbocycles. The van der Waals surface area contributed by atoms with E-state index in [4.69, 9.17) is 4.74 Å². The van der Waals surface area contributed by atoms with Crippen LogP contribution in [0.4, 0.5) is 0 Å². The molecule has 1 N–H and O–H groups in total. The van der Waals surface area contributed by atoms with Gasteiger partial charge >= 0.3 is 0 Å². The molecule has 0 bridgehead atoms. The van der Waals surface area contributed by atoms with Gasteiger partial charge in [0.1, 0.15) is 0 Å². The summed E-state index contributed by atoms with van der Waals surface area (Å²) in [6.45, 7) is 3.11. The zero-order valence-electron chi connectivity index (χ0n) is 10.7. The van der Waals surface area contributed by atoms with E-state index in [0.717, 1.165) is 18.7 Å². The van der Waals surface area contributed by atoms with Crippen molar-refractivity contribution in [3.8, 4) is 0 Å². The summed E-state index contributed by atoms with van der Waals surface area (Å²) >= 11 is 1.77. The van der Waals surface area contributed by atoms with Gasteiger partial charge in [0.15, 0.2) is 0 Å². The van der Waals surface area contributed by atoms with Crippen LogP contribution in [-0.2, 0) is 11.2 Å². The summed E-state index contributed by atoms with van der Waals surface area (Å²) in [5.41, 5.74) is 1.14. The van der Waals surface area contributed by atoms with E-state index >= 15 is 0 Å². The monoisotopic (exact) mass is 254 g/mol. The Kier molecular flexibility index (Phi) is 4.95. The zero-order chi connectivity index (χ0) is 12.1. The smallest absolute Gasteiger partial charge is 0.0940 e. The number of rotatable bonds is 5. The van der Waals surface area contributed by atoms with Crippen LogP contribution < -0.4 is 5.32 Å². The number of nitrogens with one attached hydrogen (secondary N) is 1. The highest BCUT2D eigenvalue weighted by Crippen LogP contribution is 2.20. The molecule has 17 heavy (non-hydrogen) atoms. The SMILES string of the molecule is COC1CCC(NCCc2nc(C)cs2)CC1. The summed E-state index contributed by atoms with van der Waals surface area (Å²) in [6, 6.07) is 0.683. The molecule has 0 aliphatic heterocycles. The molecule has 0 saturated heterocycles. The van der Waals surface area contributed by atoms with Crippen LogP contribution in [0.25, 0.3) is 0 Å². The van der Waals surface area contributed by atoms with Crippen molar-refractivity contribution in [1.29, 1.82) is 0 Å². The Morgan fingerprint density at radius 2 is 2.18 bits per heavy atom. The molecule has 0 unspecified atom stereocenters. The maximum atomic E-state index is 5.38. The fraction of sp³-hybridized carbons (Fsp3) is 0.769. The lowest BCUT2D eigenvalue weighted by Gasteiger charge is -2.28. The Labute approximate surface area is 108 Å². The lowest BCUT2D eigenvalue weighted by molar-refractivity contribution is 0.0626. The van der Waals surface area contributed by atoms with Crippen LogP contribution in [0.5, 0.6) is 0 Å². The van der Waals surface area contributed by atoms with Gasteiger partial charge in [0, 0.05) is 37.2 Å². The van der Waals surface area contributed by atoms with Crippen molar-refractivity contribution < 1.29 is 4.74 Å². The Hall–Kier alpha value is -0.450. The largest absolute Gasteiger partial charge is 0.381 e. The number of thiazole rings is 1. The molecule has 1 aromatic heterocycles. The Bertz CT molecular complexity index is 332. The average Bonchev–Trinajstić information content (AvgIpc) is 2.76. The molecule has 96 valence electrons. The predicted octanol–water partition coefficient (Wildman–Crippen LogP) is 2.54. The van der Waals surface area contributed by atoms with E-state index in [1.807, 2.05) is 7.11 Å². The van der Waals surface area contributed by atoms with E-state index in [0.29, 0.717) is 12.1 Å². The molecule has 0 atom stereocenters. The second-order valence-corrected chi connectivity index (χ2v) is 5.74. The molecule has 0 radical (unpaired) electrons. The van der Waals surface area contributed by atoms with Crippen LogP contribution in [0.1, 0.15) is 36.4 Å². The summed E-state index contributed by atoms with van der Waals surface area (Å²) in [6.07, 6.45) is 6.44.